The molecule has 0 aliphatic rings. The minimum Gasteiger partial charge on any atom is -0.404 e. The maximum atomic E-state index is 12.4. The molecule has 26 heavy (non-hydrogen) atoms. The molecule has 2 aromatic rings. The van der Waals surface area contributed by atoms with Crippen LogP contribution in [0.25, 0.3) is 0 Å². The molecule has 1 aromatic heterocycles. The number of sulfonamides is 1. The molecule has 1 aromatic carbocycles. The van der Waals surface area contributed by atoms with E-state index in [-0.39, 0.29) is 6.54 Å². The number of halogens is 3. The summed E-state index contributed by atoms with van der Waals surface area (Å²) < 4.78 is 68.5. The summed E-state index contributed by atoms with van der Waals surface area (Å²) in [5.74, 6) is -0.888. The van der Waals surface area contributed by atoms with E-state index in [1.54, 1.807) is 6.07 Å². The van der Waals surface area contributed by atoms with Crippen molar-refractivity contribution in [3.8, 4) is 5.75 Å². The smallest absolute Gasteiger partial charge is 0.404 e. The zero-order chi connectivity index (χ0) is 19.4. The fraction of sp³-hybridized carbons (Fsp3) is 0.267. The SMILES string of the molecule is O=c1ccccn1CC(O)CNS(=O)(=O)c1ccccc1OC(F)(F)F. The Labute approximate surface area is 146 Å². The molecule has 0 amide bonds. The first-order valence-corrected chi connectivity index (χ1v) is 8.75. The van der Waals surface area contributed by atoms with Gasteiger partial charge in [0.2, 0.25) is 10.0 Å². The highest BCUT2D eigenvalue weighted by molar-refractivity contribution is 7.89. The van der Waals surface area contributed by atoms with Gasteiger partial charge in [0.1, 0.15) is 10.6 Å². The van der Waals surface area contributed by atoms with Gasteiger partial charge in [-0.25, -0.2) is 13.1 Å². The predicted octanol–water partition coefficient (Wildman–Crippen LogP) is 1.09. The highest BCUT2D eigenvalue weighted by Crippen LogP contribution is 2.29. The van der Waals surface area contributed by atoms with Crippen LogP contribution in [0.5, 0.6) is 5.75 Å². The first-order valence-electron chi connectivity index (χ1n) is 7.26. The van der Waals surface area contributed by atoms with E-state index < -0.39 is 45.2 Å². The topological polar surface area (TPSA) is 97.6 Å². The van der Waals surface area contributed by atoms with Gasteiger partial charge in [0.25, 0.3) is 5.56 Å². The van der Waals surface area contributed by atoms with Crippen LogP contribution >= 0.6 is 0 Å². The minimum atomic E-state index is -5.06. The van der Waals surface area contributed by atoms with E-state index in [9.17, 15) is 31.5 Å². The molecule has 142 valence electrons. The van der Waals surface area contributed by atoms with Crippen molar-refractivity contribution in [2.45, 2.75) is 23.9 Å². The second-order valence-electron chi connectivity index (χ2n) is 5.19. The molecule has 0 spiro atoms. The van der Waals surface area contributed by atoms with Crippen LogP contribution in [-0.4, -0.2) is 37.1 Å². The number of nitrogens with one attached hydrogen (secondary N) is 1. The zero-order valence-electron chi connectivity index (χ0n) is 13.2. The standard InChI is InChI=1S/C15H15F3N2O5S/c16-15(17,18)25-12-5-1-2-6-13(12)26(23,24)19-9-11(21)10-20-8-4-3-7-14(20)22/h1-8,11,19,21H,9-10H2. The van der Waals surface area contributed by atoms with Gasteiger partial charge in [-0.15, -0.1) is 13.2 Å². The van der Waals surface area contributed by atoms with Crippen molar-refractivity contribution in [3.63, 3.8) is 0 Å². The number of aliphatic hydroxyl groups is 1. The van der Waals surface area contributed by atoms with Gasteiger partial charge < -0.3 is 14.4 Å². The molecule has 1 unspecified atom stereocenters. The van der Waals surface area contributed by atoms with Crippen LogP contribution in [0.15, 0.2) is 58.4 Å². The lowest BCUT2D eigenvalue weighted by Crippen LogP contribution is -2.36. The molecule has 0 saturated carbocycles. The van der Waals surface area contributed by atoms with Crippen molar-refractivity contribution in [1.29, 1.82) is 0 Å². The van der Waals surface area contributed by atoms with Crippen LogP contribution in [0.1, 0.15) is 0 Å². The third kappa shape index (κ3) is 5.58. The van der Waals surface area contributed by atoms with Gasteiger partial charge in [-0.2, -0.15) is 0 Å². The number of hydrogen-bond donors (Lipinski definition) is 2. The largest absolute Gasteiger partial charge is 0.573 e. The number of benzene rings is 1. The highest BCUT2D eigenvalue weighted by Gasteiger charge is 2.34. The number of alkyl halides is 3. The Morgan fingerprint density at radius 2 is 1.81 bits per heavy atom. The van der Waals surface area contributed by atoms with Crippen molar-refractivity contribution < 1.29 is 31.4 Å². The Morgan fingerprint density at radius 1 is 1.15 bits per heavy atom. The van der Waals surface area contributed by atoms with Crippen molar-refractivity contribution in [2.24, 2.45) is 0 Å². The fourth-order valence-electron chi connectivity index (χ4n) is 2.07. The second kappa shape index (κ2) is 7.89. The average molecular weight is 392 g/mol. The van der Waals surface area contributed by atoms with Gasteiger partial charge in [0.15, 0.2) is 0 Å². The van der Waals surface area contributed by atoms with Gasteiger partial charge in [-0.3, -0.25) is 4.79 Å². The van der Waals surface area contributed by atoms with Crippen LogP contribution in [0.4, 0.5) is 13.2 Å². The lowest BCUT2D eigenvalue weighted by Gasteiger charge is -2.16. The monoisotopic (exact) mass is 392 g/mol. The molecule has 0 bridgehead atoms. The number of rotatable bonds is 7. The van der Waals surface area contributed by atoms with Crippen LogP contribution in [0.2, 0.25) is 0 Å². The third-order valence-electron chi connectivity index (χ3n) is 3.18. The van der Waals surface area contributed by atoms with E-state index in [1.807, 2.05) is 4.72 Å². The lowest BCUT2D eigenvalue weighted by atomic mass is 10.3. The predicted molar refractivity (Wildman–Crippen MR) is 85.0 cm³/mol. The Hall–Kier alpha value is -2.37. The number of pyridine rings is 1. The van der Waals surface area contributed by atoms with Crippen LogP contribution < -0.4 is 15.0 Å². The Morgan fingerprint density at radius 3 is 2.46 bits per heavy atom. The summed E-state index contributed by atoms with van der Waals surface area (Å²) in [7, 11) is -4.38. The van der Waals surface area contributed by atoms with Crippen molar-refractivity contribution in [1.82, 2.24) is 9.29 Å². The first-order chi connectivity index (χ1) is 12.1. The van der Waals surface area contributed by atoms with Crippen molar-refractivity contribution >= 4 is 10.0 Å². The van der Waals surface area contributed by atoms with Crippen molar-refractivity contribution in [2.75, 3.05) is 6.54 Å². The molecule has 1 heterocycles. The summed E-state index contributed by atoms with van der Waals surface area (Å²) in [5.41, 5.74) is -0.390. The van der Waals surface area contributed by atoms with E-state index in [0.29, 0.717) is 0 Å². The normalized spacial score (nSPS) is 13.4. The summed E-state index contributed by atoms with van der Waals surface area (Å²) in [4.78, 5) is 10.8. The Kier molecular flexibility index (Phi) is 6.05. The van der Waals surface area contributed by atoms with Gasteiger partial charge in [0.05, 0.1) is 12.6 Å². The summed E-state index contributed by atoms with van der Waals surface area (Å²) in [5, 5.41) is 9.90. The quantitative estimate of drug-likeness (QED) is 0.735. The molecular formula is C15H15F3N2O5S. The molecule has 0 aliphatic carbocycles. The minimum absolute atomic E-state index is 0.192. The molecule has 0 fully saturated rings. The van der Waals surface area contributed by atoms with Gasteiger partial charge in [-0.05, 0) is 18.2 Å². The van der Waals surface area contributed by atoms with E-state index in [1.165, 1.54) is 35.0 Å². The van der Waals surface area contributed by atoms with Crippen molar-refractivity contribution in [3.05, 3.63) is 59.0 Å². The molecular weight excluding hydrogens is 377 g/mol. The molecule has 7 nitrogen and oxygen atoms in total. The molecule has 2 N–H and O–H groups in total. The number of para-hydroxylation sites is 1. The second-order valence-corrected chi connectivity index (χ2v) is 6.93. The third-order valence-corrected chi connectivity index (χ3v) is 4.64. The van der Waals surface area contributed by atoms with Crippen LogP contribution in [-0.2, 0) is 16.6 Å². The number of hydrogen-bond acceptors (Lipinski definition) is 5. The number of aliphatic hydroxyl groups excluding tert-OH is 1. The summed E-state index contributed by atoms with van der Waals surface area (Å²) >= 11 is 0. The van der Waals surface area contributed by atoms with Gasteiger partial charge >= 0.3 is 6.36 Å². The summed E-state index contributed by atoms with van der Waals surface area (Å²) in [6.07, 6.45) is -4.92. The van der Waals surface area contributed by atoms with Gasteiger partial charge in [0, 0.05) is 18.8 Å². The molecule has 0 aliphatic heterocycles. The summed E-state index contributed by atoms with van der Waals surface area (Å²) in [6.45, 7) is -0.701. The first kappa shape index (κ1) is 19.9. The van der Waals surface area contributed by atoms with E-state index in [4.69, 9.17) is 0 Å². The maximum absolute atomic E-state index is 12.4. The number of nitrogens with zero attached hydrogens (tertiary/aromatic N) is 1. The van der Waals surface area contributed by atoms with Gasteiger partial charge in [-0.1, -0.05) is 18.2 Å². The zero-order valence-corrected chi connectivity index (χ0v) is 14.0. The molecule has 1 atom stereocenters. The number of aromatic nitrogens is 1. The van der Waals surface area contributed by atoms with Crippen LogP contribution in [0.3, 0.4) is 0 Å². The Bertz CT molecular complexity index is 912. The number of ether oxygens (including phenoxy) is 1. The molecule has 0 radical (unpaired) electrons. The van der Waals surface area contributed by atoms with E-state index in [2.05, 4.69) is 4.74 Å². The highest BCUT2D eigenvalue weighted by atomic mass is 32.2. The molecule has 2 rings (SSSR count). The van der Waals surface area contributed by atoms with E-state index >= 15 is 0 Å². The molecule has 0 saturated heterocycles. The lowest BCUT2D eigenvalue weighted by molar-refractivity contribution is -0.275. The molecule has 11 heteroatoms. The fourth-order valence-corrected chi connectivity index (χ4v) is 3.27. The summed E-state index contributed by atoms with van der Waals surface area (Å²) in [6, 6.07) is 8.56. The maximum Gasteiger partial charge on any atom is 0.573 e. The Balaban J connectivity index is 2.10. The van der Waals surface area contributed by atoms with E-state index in [0.717, 1.165) is 12.1 Å². The van der Waals surface area contributed by atoms with Crippen LogP contribution in [0, 0.1) is 0 Å². The average Bonchev–Trinajstić information content (AvgIpc) is 2.54.